The Kier molecular flexibility index (Phi) is 3.87. The lowest BCUT2D eigenvalue weighted by Crippen LogP contribution is -2.45. The number of ether oxygens (including phenoxy) is 1. The number of morpholine rings is 1. The van der Waals surface area contributed by atoms with Crippen LogP contribution in [0.5, 0.6) is 0 Å². The van der Waals surface area contributed by atoms with Gasteiger partial charge >= 0.3 is 0 Å². The van der Waals surface area contributed by atoms with Gasteiger partial charge < -0.3 is 15.4 Å². The summed E-state index contributed by atoms with van der Waals surface area (Å²) < 4.78 is 6.23. The Morgan fingerprint density at radius 1 is 1.67 bits per heavy atom. The summed E-state index contributed by atoms with van der Waals surface area (Å²) in [5.74, 6) is 0.817. The molecule has 0 bridgehead atoms. The Morgan fingerprint density at radius 3 is 3.33 bits per heavy atom. The van der Waals surface area contributed by atoms with Crippen LogP contribution in [-0.4, -0.2) is 42.3 Å². The van der Waals surface area contributed by atoms with Crippen molar-refractivity contribution >= 4 is 21.7 Å². The van der Waals surface area contributed by atoms with E-state index in [0.29, 0.717) is 6.04 Å². The molecule has 1 aliphatic heterocycles. The molecule has 1 unspecified atom stereocenters. The van der Waals surface area contributed by atoms with E-state index in [4.69, 9.17) is 4.74 Å². The molecule has 0 aromatic carbocycles. The molecule has 0 amide bonds. The fourth-order valence-corrected chi connectivity index (χ4v) is 1.77. The van der Waals surface area contributed by atoms with E-state index in [2.05, 4.69) is 36.5 Å². The van der Waals surface area contributed by atoms with E-state index in [-0.39, 0.29) is 0 Å². The highest BCUT2D eigenvalue weighted by Crippen LogP contribution is 2.16. The van der Waals surface area contributed by atoms with Crippen LogP contribution in [0.25, 0.3) is 0 Å². The smallest absolute Gasteiger partial charge is 0.143 e. The van der Waals surface area contributed by atoms with E-state index < -0.39 is 0 Å². The van der Waals surface area contributed by atoms with Gasteiger partial charge in [-0.2, -0.15) is 0 Å². The molecular weight excluding hydrogens is 260 g/mol. The van der Waals surface area contributed by atoms with E-state index in [1.54, 1.807) is 6.20 Å². The van der Waals surface area contributed by atoms with Crippen LogP contribution in [0.1, 0.15) is 0 Å². The second-order valence-electron chi connectivity index (χ2n) is 3.33. The number of anilines is 1. The van der Waals surface area contributed by atoms with Crippen LogP contribution < -0.4 is 10.6 Å². The van der Waals surface area contributed by atoms with Gasteiger partial charge in [0.05, 0.1) is 17.7 Å². The molecule has 1 atom stereocenters. The molecule has 6 heteroatoms. The molecule has 0 spiro atoms. The van der Waals surface area contributed by atoms with Crippen molar-refractivity contribution < 1.29 is 4.74 Å². The van der Waals surface area contributed by atoms with Crippen molar-refractivity contribution in [2.24, 2.45) is 0 Å². The number of nitrogens with zero attached hydrogens (tertiary/aromatic N) is 2. The Hall–Kier alpha value is -0.720. The zero-order chi connectivity index (χ0) is 10.5. The number of hydrogen-bond acceptors (Lipinski definition) is 5. The molecule has 0 saturated carbocycles. The van der Waals surface area contributed by atoms with Crippen LogP contribution in [0.2, 0.25) is 0 Å². The van der Waals surface area contributed by atoms with Gasteiger partial charge in [0.2, 0.25) is 0 Å². The van der Waals surface area contributed by atoms with Crippen LogP contribution >= 0.6 is 15.9 Å². The van der Waals surface area contributed by atoms with Crippen molar-refractivity contribution in [2.75, 3.05) is 31.6 Å². The van der Waals surface area contributed by atoms with Gasteiger partial charge in [-0.3, -0.25) is 0 Å². The van der Waals surface area contributed by atoms with Crippen LogP contribution in [0.4, 0.5) is 5.82 Å². The minimum atomic E-state index is 0.348. The maximum absolute atomic E-state index is 5.35. The maximum atomic E-state index is 5.35. The average Bonchev–Trinajstić information content (AvgIpc) is 2.29. The third-order valence-corrected chi connectivity index (χ3v) is 2.76. The normalized spacial score (nSPS) is 21.3. The lowest BCUT2D eigenvalue weighted by molar-refractivity contribution is 0.0806. The van der Waals surface area contributed by atoms with E-state index in [1.807, 2.05) is 0 Å². The highest BCUT2D eigenvalue weighted by atomic mass is 79.9. The summed E-state index contributed by atoms with van der Waals surface area (Å²) in [5.41, 5.74) is 0. The molecule has 0 radical (unpaired) electrons. The van der Waals surface area contributed by atoms with E-state index in [9.17, 15) is 0 Å². The van der Waals surface area contributed by atoms with E-state index in [0.717, 1.165) is 36.6 Å². The second-order valence-corrected chi connectivity index (χ2v) is 4.18. The van der Waals surface area contributed by atoms with Gasteiger partial charge in [-0.15, -0.1) is 0 Å². The standard InChI is InChI=1S/C9H13BrN4O/c10-8-4-11-6-14-9(8)13-3-7-5-15-2-1-12-7/h4,6-7,12H,1-3,5H2,(H,11,13,14). The molecule has 15 heavy (non-hydrogen) atoms. The topological polar surface area (TPSA) is 59.1 Å². The molecule has 1 aliphatic rings. The summed E-state index contributed by atoms with van der Waals surface area (Å²) in [6.45, 7) is 3.26. The Balaban J connectivity index is 1.84. The molecule has 2 N–H and O–H groups in total. The van der Waals surface area contributed by atoms with Gasteiger partial charge in [0.15, 0.2) is 0 Å². The molecule has 5 nitrogen and oxygen atoms in total. The summed E-state index contributed by atoms with van der Waals surface area (Å²) in [6.07, 6.45) is 3.25. The van der Waals surface area contributed by atoms with Gasteiger partial charge in [-0.05, 0) is 15.9 Å². The van der Waals surface area contributed by atoms with Crippen molar-refractivity contribution in [3.8, 4) is 0 Å². The molecule has 1 aromatic rings. The maximum Gasteiger partial charge on any atom is 0.143 e. The molecule has 0 aliphatic carbocycles. The molecule has 1 aromatic heterocycles. The van der Waals surface area contributed by atoms with E-state index in [1.165, 1.54) is 6.33 Å². The number of nitrogens with one attached hydrogen (secondary N) is 2. The average molecular weight is 273 g/mol. The monoisotopic (exact) mass is 272 g/mol. The van der Waals surface area contributed by atoms with Gasteiger partial charge in [0.25, 0.3) is 0 Å². The van der Waals surface area contributed by atoms with Crippen LogP contribution in [0.3, 0.4) is 0 Å². The van der Waals surface area contributed by atoms with Crippen molar-refractivity contribution in [1.82, 2.24) is 15.3 Å². The number of rotatable bonds is 3. The predicted octanol–water partition coefficient (Wildman–Crippen LogP) is 0.639. The first-order valence-electron chi connectivity index (χ1n) is 4.87. The first kappa shape index (κ1) is 10.8. The molecule has 1 fully saturated rings. The van der Waals surface area contributed by atoms with Crippen LogP contribution in [0.15, 0.2) is 17.0 Å². The third-order valence-electron chi connectivity index (χ3n) is 2.18. The number of halogens is 1. The van der Waals surface area contributed by atoms with Gasteiger partial charge in [0.1, 0.15) is 12.1 Å². The first-order chi connectivity index (χ1) is 7.36. The van der Waals surface area contributed by atoms with Crippen molar-refractivity contribution in [3.63, 3.8) is 0 Å². The summed E-state index contributed by atoms with van der Waals surface area (Å²) in [4.78, 5) is 8.03. The zero-order valence-electron chi connectivity index (χ0n) is 8.24. The van der Waals surface area contributed by atoms with Gasteiger partial charge in [-0.1, -0.05) is 0 Å². The Labute approximate surface area is 96.8 Å². The van der Waals surface area contributed by atoms with Crippen molar-refractivity contribution in [2.45, 2.75) is 6.04 Å². The molecule has 2 rings (SSSR count). The molecule has 1 saturated heterocycles. The minimum absolute atomic E-state index is 0.348. The number of aromatic nitrogens is 2. The quantitative estimate of drug-likeness (QED) is 0.846. The largest absolute Gasteiger partial charge is 0.378 e. The highest BCUT2D eigenvalue weighted by Gasteiger charge is 2.12. The summed E-state index contributed by atoms with van der Waals surface area (Å²) in [7, 11) is 0. The lowest BCUT2D eigenvalue weighted by Gasteiger charge is -2.24. The summed E-state index contributed by atoms with van der Waals surface area (Å²) >= 11 is 3.38. The molecular formula is C9H13BrN4O. The Morgan fingerprint density at radius 2 is 2.60 bits per heavy atom. The van der Waals surface area contributed by atoms with Crippen molar-refractivity contribution in [1.29, 1.82) is 0 Å². The zero-order valence-corrected chi connectivity index (χ0v) is 9.83. The van der Waals surface area contributed by atoms with Gasteiger partial charge in [-0.25, -0.2) is 9.97 Å². The lowest BCUT2D eigenvalue weighted by atomic mass is 10.3. The highest BCUT2D eigenvalue weighted by molar-refractivity contribution is 9.10. The fourth-order valence-electron chi connectivity index (χ4n) is 1.41. The number of hydrogen-bond donors (Lipinski definition) is 2. The van der Waals surface area contributed by atoms with Crippen LogP contribution in [-0.2, 0) is 4.74 Å². The predicted molar refractivity (Wildman–Crippen MR) is 60.8 cm³/mol. The molecule has 2 heterocycles. The second kappa shape index (κ2) is 5.39. The molecule has 82 valence electrons. The Bertz CT molecular complexity index is 317. The summed E-state index contributed by atoms with van der Waals surface area (Å²) in [6, 6.07) is 0.348. The van der Waals surface area contributed by atoms with Crippen LogP contribution in [0, 0.1) is 0 Å². The first-order valence-corrected chi connectivity index (χ1v) is 5.66. The third kappa shape index (κ3) is 3.12. The summed E-state index contributed by atoms with van der Waals surface area (Å²) in [5, 5.41) is 6.60. The van der Waals surface area contributed by atoms with Crippen molar-refractivity contribution in [3.05, 3.63) is 17.0 Å². The van der Waals surface area contributed by atoms with E-state index >= 15 is 0 Å². The minimum Gasteiger partial charge on any atom is -0.378 e. The van der Waals surface area contributed by atoms with Gasteiger partial charge in [0, 0.05) is 25.3 Å². The fraction of sp³-hybridized carbons (Fsp3) is 0.556. The SMILES string of the molecule is Brc1cncnc1NCC1COCCN1.